The Morgan fingerprint density at radius 3 is 2.55 bits per heavy atom. The number of carbonyl (C=O) groups is 3. The Bertz CT molecular complexity index is 2130. The summed E-state index contributed by atoms with van der Waals surface area (Å²) in [5, 5.41) is 7.67. The van der Waals surface area contributed by atoms with Crippen LogP contribution in [-0.2, 0) is 33.7 Å². The average molecular weight is 788 g/mol. The summed E-state index contributed by atoms with van der Waals surface area (Å²) in [4.78, 5) is 50.2. The Kier molecular flexibility index (Phi) is 9.25. The topological polar surface area (TPSA) is 124 Å². The van der Waals surface area contributed by atoms with Gasteiger partial charge in [-0.25, -0.2) is 14.5 Å². The molecule has 1 fully saturated rings. The number of halogens is 4. The van der Waals surface area contributed by atoms with Crippen molar-refractivity contribution in [2.24, 2.45) is 5.92 Å². The molecule has 1 N–H and O–H groups in total. The number of methoxy groups -OCH3 is 1. The van der Waals surface area contributed by atoms with E-state index in [1.807, 2.05) is 45.2 Å². The number of aryl methyl sites for hydroxylation is 2. The lowest BCUT2D eigenvalue weighted by Crippen LogP contribution is -2.47. The minimum absolute atomic E-state index is 0.0757. The lowest BCUT2D eigenvalue weighted by molar-refractivity contribution is -0.141. The van der Waals surface area contributed by atoms with E-state index in [0.717, 1.165) is 28.5 Å². The van der Waals surface area contributed by atoms with E-state index in [-0.39, 0.29) is 46.2 Å². The number of carbonyl (C=O) groups excluding carboxylic acids is 3. The van der Waals surface area contributed by atoms with Crippen molar-refractivity contribution in [2.75, 3.05) is 12.4 Å². The van der Waals surface area contributed by atoms with Crippen molar-refractivity contribution in [1.29, 1.82) is 0 Å². The lowest BCUT2D eigenvalue weighted by Gasteiger charge is -2.28. The zero-order valence-corrected chi connectivity index (χ0v) is 29.5. The normalized spacial score (nSPS) is 18.1. The van der Waals surface area contributed by atoms with E-state index in [2.05, 4.69) is 43.0 Å². The number of pyridine rings is 1. The number of hydrogen-bond acceptors (Lipinski definition) is 7. The van der Waals surface area contributed by atoms with Crippen LogP contribution in [0.5, 0.6) is 0 Å². The number of fused-ring (bicyclic) bond motifs is 2. The van der Waals surface area contributed by atoms with Crippen molar-refractivity contribution < 1.29 is 32.3 Å². The van der Waals surface area contributed by atoms with E-state index < -0.39 is 23.8 Å². The molecule has 4 aromatic heterocycles. The molecule has 0 spiro atoms. The Hall–Kier alpha value is -4.38. The highest BCUT2D eigenvalue weighted by atomic mass is 127. The summed E-state index contributed by atoms with van der Waals surface area (Å²) in [6.45, 7) is 6.91. The van der Waals surface area contributed by atoms with Gasteiger partial charge in [0.25, 0.3) is 0 Å². The minimum Gasteiger partial charge on any atom is -0.380 e. The summed E-state index contributed by atoms with van der Waals surface area (Å²) in [5.74, 6) is -1.56. The largest absolute Gasteiger partial charge is 0.433 e. The summed E-state index contributed by atoms with van der Waals surface area (Å²) in [6.07, 6.45) is 0.851. The fourth-order valence-corrected chi connectivity index (χ4v) is 7.39. The molecule has 2 amide bonds. The summed E-state index contributed by atoms with van der Waals surface area (Å²) >= 11 is 2.12. The third-order valence-electron chi connectivity index (χ3n) is 8.68. The number of likely N-dealkylation sites (tertiary alicyclic amines) is 1. The second-order valence-corrected chi connectivity index (χ2v) is 13.7. The number of amides is 2. The molecule has 256 valence electrons. The fraction of sp³-hybridized carbons (Fsp3) is 0.353. The number of nitrogens with one attached hydrogen (secondary N) is 1. The van der Waals surface area contributed by atoms with Gasteiger partial charge in [0.05, 0.1) is 21.9 Å². The Balaban J connectivity index is 1.31. The molecule has 1 aromatic carbocycles. The number of nitrogens with zero attached hydrogens (tertiary/aromatic N) is 6. The first-order chi connectivity index (χ1) is 23.2. The van der Waals surface area contributed by atoms with Crippen molar-refractivity contribution in [3.8, 4) is 11.1 Å². The first-order valence-electron chi connectivity index (χ1n) is 15.4. The summed E-state index contributed by atoms with van der Waals surface area (Å²) in [6, 6.07) is 6.80. The summed E-state index contributed by atoms with van der Waals surface area (Å²) in [5.41, 5.74) is 4.24. The predicted molar refractivity (Wildman–Crippen MR) is 184 cm³/mol. The fourth-order valence-electron chi connectivity index (χ4n) is 6.39. The van der Waals surface area contributed by atoms with Gasteiger partial charge in [-0.05, 0) is 62.4 Å². The maximum Gasteiger partial charge on any atom is 0.433 e. The smallest absolute Gasteiger partial charge is 0.380 e. The standard InChI is InChI=1S/C34H33F3IN7O4/c1-17-8-22(23-12-39-28-10-19(3)42-44(28)13-23)11-24-25(20(4)46)14-43(30(17)24)15-29(47)45-26(9-18(2)31(45)38)33(48)41-32-21(16-49-5)6-7-27(40-32)34(35,36)37/h6-8,10-14,18,26,31H,9,15-16H2,1-5H3,(H,40,41,48)/t18-,26-,31-/m0/s1. The van der Waals surface area contributed by atoms with E-state index in [9.17, 15) is 27.6 Å². The molecule has 0 bridgehead atoms. The predicted octanol–water partition coefficient (Wildman–Crippen LogP) is 6.37. The number of ketones is 1. The molecule has 3 atom stereocenters. The van der Waals surface area contributed by atoms with Crippen molar-refractivity contribution in [1.82, 2.24) is 29.0 Å². The number of hydrogen-bond donors (Lipinski definition) is 1. The molecule has 5 heterocycles. The molecule has 1 aliphatic rings. The first-order valence-corrected chi connectivity index (χ1v) is 16.7. The molecule has 0 radical (unpaired) electrons. The highest BCUT2D eigenvalue weighted by Gasteiger charge is 2.44. The lowest BCUT2D eigenvalue weighted by atomic mass is 10.0. The molecule has 0 aliphatic carbocycles. The highest BCUT2D eigenvalue weighted by Crippen LogP contribution is 2.37. The molecule has 11 nitrogen and oxygen atoms in total. The van der Waals surface area contributed by atoms with Crippen LogP contribution in [0.3, 0.4) is 0 Å². The van der Waals surface area contributed by atoms with E-state index >= 15 is 0 Å². The number of aromatic nitrogens is 5. The van der Waals surface area contributed by atoms with Crippen LogP contribution in [0.4, 0.5) is 19.0 Å². The third-order valence-corrected chi connectivity index (χ3v) is 10.5. The van der Waals surface area contributed by atoms with Gasteiger partial charge in [0.15, 0.2) is 11.4 Å². The first kappa shape index (κ1) is 34.5. The number of rotatable bonds is 8. The molecular weight excluding hydrogens is 754 g/mol. The van der Waals surface area contributed by atoms with Crippen LogP contribution >= 0.6 is 22.6 Å². The van der Waals surface area contributed by atoms with Gasteiger partial charge < -0.3 is 19.5 Å². The molecule has 49 heavy (non-hydrogen) atoms. The van der Waals surface area contributed by atoms with Crippen molar-refractivity contribution in [3.05, 3.63) is 77.0 Å². The van der Waals surface area contributed by atoms with Gasteiger partial charge in [-0.1, -0.05) is 35.6 Å². The summed E-state index contributed by atoms with van der Waals surface area (Å²) in [7, 11) is 1.38. The van der Waals surface area contributed by atoms with Crippen LogP contribution in [0, 0.1) is 19.8 Å². The zero-order valence-electron chi connectivity index (χ0n) is 27.3. The van der Waals surface area contributed by atoms with Gasteiger partial charge in [0.1, 0.15) is 24.1 Å². The minimum atomic E-state index is -4.72. The monoisotopic (exact) mass is 787 g/mol. The van der Waals surface area contributed by atoms with Gasteiger partial charge >= 0.3 is 6.18 Å². The van der Waals surface area contributed by atoms with Crippen LogP contribution < -0.4 is 5.32 Å². The Morgan fingerprint density at radius 1 is 1.10 bits per heavy atom. The third kappa shape index (κ3) is 6.65. The maximum atomic E-state index is 14.1. The molecule has 5 aromatic rings. The molecule has 0 unspecified atom stereocenters. The second-order valence-electron chi connectivity index (χ2n) is 12.4. The van der Waals surface area contributed by atoms with Crippen molar-refractivity contribution in [2.45, 2.75) is 63.5 Å². The average Bonchev–Trinajstić information content (AvgIpc) is 3.69. The van der Waals surface area contributed by atoms with E-state index in [1.165, 1.54) is 25.0 Å². The quantitative estimate of drug-likeness (QED) is 0.0840. The Morgan fingerprint density at radius 2 is 1.86 bits per heavy atom. The van der Waals surface area contributed by atoms with Gasteiger partial charge in [-0.2, -0.15) is 18.3 Å². The van der Waals surface area contributed by atoms with Crippen LogP contribution in [0.1, 0.15) is 53.1 Å². The molecule has 1 saturated heterocycles. The van der Waals surface area contributed by atoms with Gasteiger partial charge in [0, 0.05) is 53.8 Å². The summed E-state index contributed by atoms with van der Waals surface area (Å²) < 4.78 is 48.6. The number of Topliss-reactive ketones (excluding diaryl/α,β-unsaturated/α-hetero) is 1. The molecule has 1 aliphatic heterocycles. The number of alkyl halides is 4. The van der Waals surface area contributed by atoms with Crippen molar-refractivity contribution in [3.63, 3.8) is 0 Å². The number of anilines is 1. The van der Waals surface area contributed by atoms with E-state index in [4.69, 9.17) is 4.74 Å². The van der Waals surface area contributed by atoms with Crippen LogP contribution in [0.2, 0.25) is 0 Å². The molecular formula is C34H33F3IN7O4. The Labute approximate surface area is 293 Å². The van der Waals surface area contributed by atoms with Crippen LogP contribution in [-0.4, -0.2) is 63.8 Å². The van der Waals surface area contributed by atoms with Gasteiger partial charge in [-0.15, -0.1) is 0 Å². The van der Waals surface area contributed by atoms with Crippen molar-refractivity contribution >= 4 is 62.6 Å². The maximum absolute atomic E-state index is 14.1. The molecule has 15 heteroatoms. The van der Waals surface area contributed by atoms with E-state index in [1.54, 1.807) is 21.5 Å². The SMILES string of the molecule is COCc1ccc(C(F)(F)F)nc1NC(=O)[C@@H]1C[C@H](C)[C@@H](I)N1C(=O)Cn1cc(C(C)=O)c2cc(-c3cnc4cc(C)nn4c3)cc(C)c21. The number of ether oxygens (including phenoxy) is 1. The highest BCUT2D eigenvalue weighted by molar-refractivity contribution is 14.1. The van der Waals surface area contributed by atoms with Crippen LogP contribution in [0.15, 0.2) is 48.9 Å². The van der Waals surface area contributed by atoms with Gasteiger partial charge in [-0.3, -0.25) is 14.4 Å². The zero-order chi connectivity index (χ0) is 35.4. The molecule has 6 rings (SSSR count). The molecule has 0 saturated carbocycles. The number of benzene rings is 1. The second kappa shape index (κ2) is 13.2. The van der Waals surface area contributed by atoms with Gasteiger partial charge in [0.2, 0.25) is 11.8 Å². The van der Waals surface area contributed by atoms with E-state index in [0.29, 0.717) is 28.5 Å². The van der Waals surface area contributed by atoms with Crippen LogP contribution in [0.25, 0.3) is 27.7 Å².